The third kappa shape index (κ3) is 4.80. The molecule has 0 saturated carbocycles. The molecule has 1 aromatic heterocycles. The third-order valence-electron chi connectivity index (χ3n) is 13.2. The average Bonchev–Trinajstić information content (AvgIpc) is 3.78. The Morgan fingerprint density at radius 3 is 2.52 bits per heavy atom. The van der Waals surface area contributed by atoms with Crippen LogP contribution in [0.1, 0.15) is 48.9 Å². The first-order chi connectivity index (χ1) is 27.8. The van der Waals surface area contributed by atoms with Gasteiger partial charge in [-0.2, -0.15) is 0 Å². The first kappa shape index (κ1) is 32.1. The van der Waals surface area contributed by atoms with Crippen LogP contribution in [0, 0.1) is 11.8 Å². The predicted octanol–water partition coefficient (Wildman–Crippen LogP) is 11.3. The first-order valence-electron chi connectivity index (χ1n) is 20.4. The Hall–Kier alpha value is -6.17. The van der Waals surface area contributed by atoms with Crippen LogP contribution in [0.2, 0.25) is 0 Å². The van der Waals surface area contributed by atoms with Gasteiger partial charge in [-0.1, -0.05) is 151 Å². The summed E-state index contributed by atoms with van der Waals surface area (Å²) in [6.45, 7) is 0. The van der Waals surface area contributed by atoms with E-state index < -0.39 is 0 Å². The van der Waals surface area contributed by atoms with Gasteiger partial charge >= 0.3 is 0 Å². The maximum absolute atomic E-state index is 5.65. The number of aliphatic imine (C=N–C) groups is 1. The van der Waals surface area contributed by atoms with Gasteiger partial charge in [0.15, 0.2) is 0 Å². The van der Waals surface area contributed by atoms with E-state index >= 15 is 0 Å². The summed E-state index contributed by atoms with van der Waals surface area (Å²) in [6.07, 6.45) is 25.5. The molecule has 6 atom stereocenters. The molecule has 12 rings (SSSR count). The molecule has 4 aliphatic carbocycles. The second-order valence-electron chi connectivity index (χ2n) is 16.1. The SMILES string of the molecule is C1=CC2CCC=CC2C(C2N=C(n3c4ccccc4c4c(N5c6ccccc6C6C7=C(C=CCC7)C=CC65)c5ccccc5cc43)NC(c3ccccc3)N2)=C1. The lowest BCUT2D eigenvalue weighted by atomic mass is 9.75. The minimum absolute atomic E-state index is 0.131. The maximum atomic E-state index is 5.65. The zero-order valence-corrected chi connectivity index (χ0v) is 31.2. The van der Waals surface area contributed by atoms with Crippen molar-refractivity contribution < 1.29 is 0 Å². The Labute approximate surface area is 327 Å². The lowest BCUT2D eigenvalue weighted by Gasteiger charge is -2.38. The highest BCUT2D eigenvalue weighted by molar-refractivity contribution is 6.25. The van der Waals surface area contributed by atoms with Crippen molar-refractivity contribution in [1.29, 1.82) is 0 Å². The van der Waals surface area contributed by atoms with E-state index in [1.807, 2.05) is 0 Å². The standard InChI is InChI=1S/C51H43N5/c1-2-17-34(18-3-1)49-52-50(39-26-14-20-32-15-4-7-21-36(32)39)54-51(53-49)56-43-28-13-11-25-41(43)47-45(56)31-35-19-6-9-23-38(35)48(47)55-42-27-12-10-24-40(42)46-37-22-8-5-16-33(37)29-30-44(46)55/h1-3,5-7,9-14,16-21,23-32,36,44,46,49-50,52H,4,8,15,22H2,(H,53,54). The van der Waals surface area contributed by atoms with E-state index in [0.717, 1.165) is 36.3 Å². The van der Waals surface area contributed by atoms with Gasteiger partial charge in [-0.15, -0.1) is 0 Å². The topological polar surface area (TPSA) is 44.6 Å². The molecular weight excluding hydrogens is 683 g/mol. The molecular formula is C51H43N5. The molecule has 5 nitrogen and oxygen atoms in total. The second-order valence-corrected chi connectivity index (χ2v) is 16.1. The lowest BCUT2D eigenvalue weighted by Crippen LogP contribution is -2.51. The number of hydrogen-bond donors (Lipinski definition) is 2. The maximum Gasteiger partial charge on any atom is 0.206 e. The van der Waals surface area contributed by atoms with Gasteiger partial charge in [0.25, 0.3) is 0 Å². The normalized spacial score (nSPS) is 26.2. The van der Waals surface area contributed by atoms with Crippen molar-refractivity contribution in [3.8, 4) is 0 Å². The van der Waals surface area contributed by atoms with Crippen molar-refractivity contribution in [2.75, 3.05) is 4.90 Å². The molecule has 0 radical (unpaired) electrons. The summed E-state index contributed by atoms with van der Waals surface area (Å²) in [5, 5.41) is 12.9. The quantitative estimate of drug-likeness (QED) is 0.179. The van der Waals surface area contributed by atoms with E-state index in [1.165, 1.54) is 61.6 Å². The number of benzene rings is 5. The predicted molar refractivity (Wildman–Crippen MR) is 231 cm³/mol. The summed E-state index contributed by atoms with van der Waals surface area (Å²) in [4.78, 5) is 8.34. The summed E-state index contributed by atoms with van der Waals surface area (Å²) < 4.78 is 2.42. The Balaban J connectivity index is 1.11. The fourth-order valence-electron chi connectivity index (χ4n) is 10.7. The highest BCUT2D eigenvalue weighted by Gasteiger charge is 2.43. The third-order valence-corrected chi connectivity index (χ3v) is 13.2. The molecule has 2 N–H and O–H groups in total. The molecule has 0 fully saturated rings. The van der Waals surface area contributed by atoms with Gasteiger partial charge in [-0.05, 0) is 77.5 Å². The number of aromatic nitrogens is 1. The number of allylic oxidation sites excluding steroid dienone is 9. The molecule has 6 unspecified atom stereocenters. The molecule has 56 heavy (non-hydrogen) atoms. The van der Waals surface area contributed by atoms with E-state index in [2.05, 4.69) is 184 Å². The van der Waals surface area contributed by atoms with Crippen molar-refractivity contribution in [3.63, 3.8) is 0 Å². The van der Waals surface area contributed by atoms with Gasteiger partial charge in [-0.3, -0.25) is 9.88 Å². The lowest BCUT2D eigenvalue weighted by molar-refractivity contribution is 0.379. The van der Waals surface area contributed by atoms with Crippen molar-refractivity contribution >= 4 is 49.9 Å². The second kappa shape index (κ2) is 12.7. The van der Waals surface area contributed by atoms with Gasteiger partial charge in [0, 0.05) is 33.7 Å². The molecule has 5 aromatic carbocycles. The highest BCUT2D eigenvalue weighted by Crippen LogP contribution is 2.56. The number of hydrogen-bond acceptors (Lipinski definition) is 4. The Morgan fingerprint density at radius 2 is 1.57 bits per heavy atom. The Bertz CT molecular complexity index is 2810. The zero-order valence-electron chi connectivity index (χ0n) is 31.2. The highest BCUT2D eigenvalue weighted by atomic mass is 15.4. The zero-order chi connectivity index (χ0) is 36.7. The number of anilines is 2. The van der Waals surface area contributed by atoms with E-state index in [9.17, 15) is 0 Å². The van der Waals surface area contributed by atoms with Crippen molar-refractivity contribution in [2.24, 2.45) is 16.8 Å². The fourth-order valence-corrected chi connectivity index (χ4v) is 10.7. The van der Waals surface area contributed by atoms with Crippen molar-refractivity contribution in [1.82, 2.24) is 15.2 Å². The number of nitrogens with zero attached hydrogens (tertiary/aromatic N) is 3. The minimum Gasteiger partial charge on any atom is -0.336 e. The summed E-state index contributed by atoms with van der Waals surface area (Å²) in [7, 11) is 0. The molecule has 0 amide bonds. The monoisotopic (exact) mass is 725 g/mol. The smallest absolute Gasteiger partial charge is 0.206 e. The van der Waals surface area contributed by atoms with E-state index in [4.69, 9.17) is 4.99 Å². The van der Waals surface area contributed by atoms with Crippen LogP contribution in [-0.4, -0.2) is 22.7 Å². The molecule has 5 heteroatoms. The molecule has 272 valence electrons. The molecule has 2 aliphatic heterocycles. The van der Waals surface area contributed by atoms with E-state index in [1.54, 1.807) is 5.57 Å². The van der Waals surface area contributed by atoms with E-state index in [-0.39, 0.29) is 18.4 Å². The first-order valence-corrected chi connectivity index (χ1v) is 20.4. The molecule has 6 aliphatic rings. The summed E-state index contributed by atoms with van der Waals surface area (Å²) in [6, 6.07) is 40.5. The molecule has 6 aromatic rings. The summed E-state index contributed by atoms with van der Waals surface area (Å²) >= 11 is 0. The van der Waals surface area contributed by atoms with Gasteiger partial charge in [0.1, 0.15) is 12.3 Å². The van der Waals surface area contributed by atoms with Crippen LogP contribution < -0.4 is 15.5 Å². The molecule has 3 heterocycles. The Morgan fingerprint density at radius 1 is 0.732 bits per heavy atom. The molecule has 0 saturated heterocycles. The minimum atomic E-state index is -0.196. The van der Waals surface area contributed by atoms with Gasteiger partial charge < -0.3 is 10.2 Å². The molecule has 0 bridgehead atoms. The van der Waals surface area contributed by atoms with Crippen LogP contribution in [0.15, 0.2) is 186 Å². The van der Waals surface area contributed by atoms with Crippen LogP contribution in [0.3, 0.4) is 0 Å². The van der Waals surface area contributed by atoms with Crippen molar-refractivity contribution in [2.45, 2.75) is 50.0 Å². The van der Waals surface area contributed by atoms with Crippen LogP contribution in [0.4, 0.5) is 11.4 Å². The largest absolute Gasteiger partial charge is 0.336 e. The van der Waals surface area contributed by atoms with Crippen LogP contribution in [0.5, 0.6) is 0 Å². The molecule has 0 spiro atoms. The van der Waals surface area contributed by atoms with E-state index in [0.29, 0.717) is 17.8 Å². The Kier molecular flexibility index (Phi) is 7.28. The van der Waals surface area contributed by atoms with Crippen LogP contribution in [-0.2, 0) is 0 Å². The van der Waals surface area contributed by atoms with Gasteiger partial charge in [-0.25, -0.2) is 4.99 Å². The van der Waals surface area contributed by atoms with Crippen LogP contribution in [0.25, 0.3) is 32.6 Å². The summed E-state index contributed by atoms with van der Waals surface area (Å²) in [5.74, 6) is 2.02. The number of fused-ring (bicyclic) bond motifs is 9. The number of nitrogens with one attached hydrogen (secondary N) is 2. The number of rotatable bonds is 3. The van der Waals surface area contributed by atoms with Gasteiger partial charge in [0.05, 0.1) is 22.8 Å². The number of para-hydroxylation sites is 2. The van der Waals surface area contributed by atoms with Crippen molar-refractivity contribution in [3.05, 3.63) is 192 Å². The average molecular weight is 726 g/mol. The summed E-state index contributed by atoms with van der Waals surface area (Å²) in [5.41, 5.74) is 11.8. The van der Waals surface area contributed by atoms with Crippen LogP contribution >= 0.6 is 0 Å². The van der Waals surface area contributed by atoms with Gasteiger partial charge in [0.2, 0.25) is 5.96 Å². The fraction of sp³-hybridized carbons (Fsp3) is 0.196.